The lowest BCUT2D eigenvalue weighted by Gasteiger charge is -2.06. The van der Waals surface area contributed by atoms with Crippen LogP contribution in [0.3, 0.4) is 0 Å². The van der Waals surface area contributed by atoms with Gasteiger partial charge in [-0.1, -0.05) is 11.6 Å². The van der Waals surface area contributed by atoms with Crippen molar-refractivity contribution >= 4 is 27.5 Å². The molecule has 0 unspecified atom stereocenters. The van der Waals surface area contributed by atoms with Gasteiger partial charge in [-0.3, -0.25) is 0 Å². The van der Waals surface area contributed by atoms with Crippen molar-refractivity contribution in [2.24, 2.45) is 0 Å². The van der Waals surface area contributed by atoms with Gasteiger partial charge in [0.15, 0.2) is 17.3 Å². The Balaban J connectivity index is 3.40. The maximum absolute atomic E-state index is 12.9. The summed E-state index contributed by atoms with van der Waals surface area (Å²) in [5.41, 5.74) is 0. The summed E-state index contributed by atoms with van der Waals surface area (Å²) in [6.45, 7) is 0. The van der Waals surface area contributed by atoms with E-state index in [0.717, 1.165) is 6.07 Å². The van der Waals surface area contributed by atoms with Gasteiger partial charge in [-0.05, 0) is 15.9 Å². The van der Waals surface area contributed by atoms with Crippen molar-refractivity contribution in [3.05, 3.63) is 21.4 Å². The highest BCUT2D eigenvalue weighted by molar-refractivity contribution is 9.10. The second kappa shape index (κ2) is 3.49. The minimum absolute atomic E-state index is 0.0231. The van der Waals surface area contributed by atoms with Gasteiger partial charge in [0.05, 0.1) is 12.1 Å². The molecule has 0 spiro atoms. The third-order valence-corrected chi connectivity index (χ3v) is 2.29. The largest absolute Gasteiger partial charge is 0.505 e. The third kappa shape index (κ3) is 1.49. The molecule has 1 aromatic carbocycles. The lowest BCUT2D eigenvalue weighted by atomic mass is 10.3. The van der Waals surface area contributed by atoms with Gasteiger partial charge in [0.25, 0.3) is 0 Å². The average molecular weight is 255 g/mol. The molecule has 66 valence electrons. The highest BCUT2D eigenvalue weighted by Crippen LogP contribution is 2.39. The SMILES string of the molecule is COc1c(Cl)cc(O)c(F)c1Br. The zero-order chi connectivity index (χ0) is 9.30. The Morgan fingerprint density at radius 3 is 2.75 bits per heavy atom. The number of phenols is 1. The number of hydrogen-bond donors (Lipinski definition) is 1. The first-order chi connectivity index (χ1) is 5.57. The maximum atomic E-state index is 12.9. The van der Waals surface area contributed by atoms with Crippen molar-refractivity contribution in [3.8, 4) is 11.5 Å². The van der Waals surface area contributed by atoms with E-state index in [0.29, 0.717) is 0 Å². The molecule has 0 saturated carbocycles. The topological polar surface area (TPSA) is 29.5 Å². The van der Waals surface area contributed by atoms with E-state index in [9.17, 15) is 4.39 Å². The van der Waals surface area contributed by atoms with Crippen LogP contribution < -0.4 is 4.74 Å². The van der Waals surface area contributed by atoms with E-state index in [1.165, 1.54) is 7.11 Å². The van der Waals surface area contributed by atoms with Crippen molar-refractivity contribution in [1.82, 2.24) is 0 Å². The van der Waals surface area contributed by atoms with Crippen molar-refractivity contribution < 1.29 is 14.2 Å². The number of aromatic hydroxyl groups is 1. The molecule has 1 N–H and O–H groups in total. The van der Waals surface area contributed by atoms with Crippen LogP contribution in [0, 0.1) is 5.82 Å². The third-order valence-electron chi connectivity index (χ3n) is 1.30. The first kappa shape index (κ1) is 9.61. The predicted octanol–water partition coefficient (Wildman–Crippen LogP) is 2.96. The average Bonchev–Trinajstić information content (AvgIpc) is 2.01. The van der Waals surface area contributed by atoms with Crippen LogP contribution in [0.5, 0.6) is 11.5 Å². The Kier molecular flexibility index (Phi) is 2.80. The summed E-state index contributed by atoms with van der Waals surface area (Å²) < 4.78 is 17.7. The van der Waals surface area contributed by atoms with Crippen LogP contribution in [0.2, 0.25) is 5.02 Å². The fourth-order valence-electron chi connectivity index (χ4n) is 0.753. The molecular weight excluding hydrogens is 250 g/mol. The van der Waals surface area contributed by atoms with Gasteiger partial charge in [-0.15, -0.1) is 0 Å². The predicted molar refractivity (Wildman–Crippen MR) is 47.3 cm³/mol. The Morgan fingerprint density at radius 1 is 1.67 bits per heavy atom. The molecule has 1 rings (SSSR count). The highest BCUT2D eigenvalue weighted by atomic mass is 79.9. The van der Waals surface area contributed by atoms with Crippen LogP contribution in [0.15, 0.2) is 10.5 Å². The maximum Gasteiger partial charge on any atom is 0.182 e. The minimum Gasteiger partial charge on any atom is -0.505 e. The minimum atomic E-state index is -0.781. The van der Waals surface area contributed by atoms with Crippen LogP contribution in [-0.2, 0) is 0 Å². The summed E-state index contributed by atoms with van der Waals surface area (Å²) >= 11 is 8.52. The zero-order valence-electron chi connectivity index (χ0n) is 6.07. The van der Waals surface area contributed by atoms with Crippen molar-refractivity contribution in [3.63, 3.8) is 0 Å². The van der Waals surface area contributed by atoms with E-state index in [-0.39, 0.29) is 15.2 Å². The lowest BCUT2D eigenvalue weighted by molar-refractivity contribution is 0.395. The Hall–Kier alpha value is -0.480. The number of rotatable bonds is 1. The molecule has 12 heavy (non-hydrogen) atoms. The van der Waals surface area contributed by atoms with Gasteiger partial charge in [0.1, 0.15) is 4.47 Å². The monoisotopic (exact) mass is 254 g/mol. The molecule has 2 nitrogen and oxygen atoms in total. The number of hydrogen-bond acceptors (Lipinski definition) is 2. The Bertz CT molecular complexity index is 317. The summed E-state index contributed by atoms with van der Waals surface area (Å²) in [6, 6.07) is 1.08. The first-order valence-electron chi connectivity index (χ1n) is 2.98. The van der Waals surface area contributed by atoms with Crippen molar-refractivity contribution in [2.45, 2.75) is 0 Å². The summed E-state index contributed by atoms with van der Waals surface area (Å²) in [7, 11) is 1.36. The molecule has 0 saturated heterocycles. The summed E-state index contributed by atoms with van der Waals surface area (Å²) in [6.07, 6.45) is 0. The van der Waals surface area contributed by atoms with Crippen LogP contribution >= 0.6 is 27.5 Å². The molecule has 0 aromatic heterocycles. The molecule has 5 heteroatoms. The molecule has 0 aliphatic carbocycles. The van der Waals surface area contributed by atoms with E-state index >= 15 is 0 Å². The van der Waals surface area contributed by atoms with Crippen LogP contribution in [0.25, 0.3) is 0 Å². The van der Waals surface area contributed by atoms with Crippen molar-refractivity contribution in [1.29, 1.82) is 0 Å². The molecule has 0 amide bonds. The van der Waals surface area contributed by atoms with E-state index in [1.54, 1.807) is 0 Å². The molecule has 0 aliphatic heterocycles. The van der Waals surface area contributed by atoms with E-state index < -0.39 is 11.6 Å². The normalized spacial score (nSPS) is 10.0. The second-order valence-corrected chi connectivity index (χ2v) is 3.24. The van der Waals surface area contributed by atoms with Gasteiger partial charge < -0.3 is 9.84 Å². The molecular formula is C7H5BrClFO2. The van der Waals surface area contributed by atoms with Crippen molar-refractivity contribution in [2.75, 3.05) is 7.11 Å². The fourth-order valence-corrected chi connectivity index (χ4v) is 1.72. The first-order valence-corrected chi connectivity index (χ1v) is 4.15. The van der Waals surface area contributed by atoms with Crippen LogP contribution in [0.1, 0.15) is 0 Å². The molecule has 0 fully saturated rings. The Labute approximate surface area is 82.0 Å². The number of phenolic OH excluding ortho intramolecular Hbond substituents is 1. The van der Waals surface area contributed by atoms with Gasteiger partial charge in [-0.2, -0.15) is 0 Å². The van der Waals surface area contributed by atoms with Gasteiger partial charge in [0.2, 0.25) is 0 Å². The van der Waals surface area contributed by atoms with Crippen LogP contribution in [0.4, 0.5) is 4.39 Å². The van der Waals surface area contributed by atoms with E-state index in [2.05, 4.69) is 15.9 Å². The number of ether oxygens (including phenoxy) is 1. The quantitative estimate of drug-likeness (QED) is 0.782. The lowest BCUT2D eigenvalue weighted by Crippen LogP contribution is -1.89. The van der Waals surface area contributed by atoms with Crippen LogP contribution in [-0.4, -0.2) is 12.2 Å². The molecule has 0 atom stereocenters. The summed E-state index contributed by atoms with van der Waals surface area (Å²) in [4.78, 5) is 0. The second-order valence-electron chi connectivity index (χ2n) is 2.04. The summed E-state index contributed by atoms with van der Waals surface area (Å²) in [5, 5.41) is 9.11. The zero-order valence-corrected chi connectivity index (χ0v) is 8.41. The number of halogens is 3. The van der Waals surface area contributed by atoms with E-state index in [4.69, 9.17) is 21.4 Å². The smallest absolute Gasteiger partial charge is 0.182 e. The van der Waals surface area contributed by atoms with Gasteiger partial charge in [0, 0.05) is 6.07 Å². The molecule has 1 aromatic rings. The highest BCUT2D eigenvalue weighted by Gasteiger charge is 2.15. The molecule has 0 aliphatic rings. The fraction of sp³-hybridized carbons (Fsp3) is 0.143. The standard InChI is InChI=1S/C7H5BrClFO2/c1-12-7-3(9)2-4(11)6(10)5(7)8/h2,11H,1H3. The summed E-state index contributed by atoms with van der Waals surface area (Å²) in [5.74, 6) is -1.11. The van der Waals surface area contributed by atoms with Gasteiger partial charge >= 0.3 is 0 Å². The molecule has 0 heterocycles. The van der Waals surface area contributed by atoms with Gasteiger partial charge in [-0.25, -0.2) is 4.39 Å². The molecule has 0 bridgehead atoms. The number of benzene rings is 1. The number of methoxy groups -OCH3 is 1. The Morgan fingerprint density at radius 2 is 2.25 bits per heavy atom. The molecule has 0 radical (unpaired) electrons. The van der Waals surface area contributed by atoms with E-state index in [1.807, 2.05) is 0 Å².